The van der Waals surface area contributed by atoms with Crippen molar-refractivity contribution in [3.05, 3.63) is 0 Å². The maximum absolute atomic E-state index is 10.4. The van der Waals surface area contributed by atoms with Crippen LogP contribution in [0.15, 0.2) is 0 Å². The van der Waals surface area contributed by atoms with Crippen LogP contribution in [-0.2, 0) is 4.79 Å². The summed E-state index contributed by atoms with van der Waals surface area (Å²) < 4.78 is 0. The summed E-state index contributed by atoms with van der Waals surface area (Å²) in [5.74, 6) is -0.214. The Hall–Kier alpha value is -0.570. The van der Waals surface area contributed by atoms with Gasteiger partial charge in [0.2, 0.25) is 0 Å². The number of hydrogen-bond donors (Lipinski definition) is 2. The minimum absolute atomic E-state index is 0.358. The summed E-state index contributed by atoms with van der Waals surface area (Å²) in [6.45, 7) is 0. The molecule has 0 aliphatic heterocycles. The first-order chi connectivity index (χ1) is 5.60. The number of carboxylic acids is 1. The van der Waals surface area contributed by atoms with Crippen LogP contribution in [0.2, 0.25) is 0 Å². The van der Waals surface area contributed by atoms with Crippen molar-refractivity contribution in [3.8, 4) is 0 Å². The molecule has 0 heterocycles. The van der Waals surface area contributed by atoms with Gasteiger partial charge in [0.15, 0.2) is 0 Å². The second-order valence-corrected chi connectivity index (χ2v) is 4.54. The predicted octanol–water partition coefficient (Wildman–Crippen LogP) is 0.979. The van der Waals surface area contributed by atoms with E-state index in [4.69, 9.17) is 10.8 Å². The lowest BCUT2D eigenvalue weighted by atomic mass is 9.50. The second kappa shape index (κ2) is 2.46. The van der Waals surface area contributed by atoms with Crippen molar-refractivity contribution in [2.45, 2.75) is 38.1 Å². The average molecular weight is 169 g/mol. The smallest absolute Gasteiger partial charge is 0.303 e. The molecule has 0 aromatic heterocycles. The molecule has 0 aromatic rings. The van der Waals surface area contributed by atoms with Crippen LogP contribution in [0.5, 0.6) is 0 Å². The van der Waals surface area contributed by atoms with Crippen molar-refractivity contribution in [1.82, 2.24) is 0 Å². The van der Waals surface area contributed by atoms with Gasteiger partial charge in [0.1, 0.15) is 0 Å². The normalized spacial score (nSPS) is 45.1. The van der Waals surface area contributed by atoms with Crippen molar-refractivity contribution in [1.29, 1.82) is 0 Å². The van der Waals surface area contributed by atoms with Crippen LogP contribution in [0, 0.1) is 11.3 Å². The zero-order valence-corrected chi connectivity index (χ0v) is 7.12. The summed E-state index contributed by atoms with van der Waals surface area (Å²) in [5, 5.41) is 8.54. The minimum atomic E-state index is -0.654. The fourth-order valence-corrected chi connectivity index (χ4v) is 2.94. The summed E-state index contributed by atoms with van der Waals surface area (Å²) in [5.41, 5.74) is 6.18. The number of carboxylic acid groups (broad SMARTS) is 1. The van der Waals surface area contributed by atoms with Crippen molar-refractivity contribution >= 4 is 5.97 Å². The fourth-order valence-electron chi connectivity index (χ4n) is 2.94. The summed E-state index contributed by atoms with van der Waals surface area (Å²) in [7, 11) is 0. The molecule has 68 valence electrons. The summed E-state index contributed by atoms with van der Waals surface area (Å²) in [6, 6.07) is 0.399. The number of hydrogen-bond acceptors (Lipinski definition) is 2. The van der Waals surface area contributed by atoms with Gasteiger partial charge in [0.25, 0.3) is 0 Å². The Labute approximate surface area is 71.9 Å². The Morgan fingerprint density at radius 2 is 2.00 bits per heavy atom. The van der Waals surface area contributed by atoms with Gasteiger partial charge >= 0.3 is 5.97 Å². The Bertz CT molecular complexity index is 201. The van der Waals surface area contributed by atoms with Crippen molar-refractivity contribution in [2.75, 3.05) is 0 Å². The van der Waals surface area contributed by atoms with Gasteiger partial charge in [-0.2, -0.15) is 0 Å². The molecule has 0 aromatic carbocycles. The second-order valence-electron chi connectivity index (χ2n) is 4.54. The molecular formula is C9H15NO2. The summed E-state index contributed by atoms with van der Waals surface area (Å²) in [6.07, 6.45) is 4.82. The standard InChI is InChI=1S/C9H15NO2/c10-7-4-9(5-7)2-6(3-9)1-8(11)12/h6-7H,1-5,10H2,(H,11,12). The van der Waals surface area contributed by atoms with Gasteiger partial charge < -0.3 is 10.8 Å². The number of carbonyl (C=O) groups is 1. The van der Waals surface area contributed by atoms with E-state index in [1.165, 1.54) is 0 Å². The first kappa shape index (κ1) is 8.05. The van der Waals surface area contributed by atoms with E-state index >= 15 is 0 Å². The molecule has 0 unspecified atom stereocenters. The molecule has 0 bridgehead atoms. The molecule has 0 atom stereocenters. The van der Waals surface area contributed by atoms with Crippen molar-refractivity contribution in [3.63, 3.8) is 0 Å². The quantitative estimate of drug-likeness (QED) is 0.647. The molecule has 2 rings (SSSR count). The van der Waals surface area contributed by atoms with Gasteiger partial charge in [-0.25, -0.2) is 0 Å². The van der Waals surface area contributed by atoms with Crippen LogP contribution in [0.3, 0.4) is 0 Å². The fraction of sp³-hybridized carbons (Fsp3) is 0.889. The van der Waals surface area contributed by atoms with E-state index in [1.54, 1.807) is 0 Å². The predicted molar refractivity (Wildman–Crippen MR) is 44.6 cm³/mol. The van der Waals surface area contributed by atoms with Gasteiger partial charge in [0, 0.05) is 12.5 Å². The molecule has 2 saturated carbocycles. The zero-order valence-electron chi connectivity index (χ0n) is 7.12. The van der Waals surface area contributed by atoms with Gasteiger partial charge in [-0.3, -0.25) is 4.79 Å². The Morgan fingerprint density at radius 1 is 1.42 bits per heavy atom. The number of aliphatic carboxylic acids is 1. The molecule has 0 radical (unpaired) electrons. The van der Waals surface area contributed by atoms with Crippen LogP contribution < -0.4 is 5.73 Å². The summed E-state index contributed by atoms with van der Waals surface area (Å²) in [4.78, 5) is 10.4. The van der Waals surface area contributed by atoms with E-state index in [0.717, 1.165) is 25.7 Å². The SMILES string of the molecule is NC1CC2(C1)CC(CC(=O)O)C2. The third-order valence-electron chi connectivity index (χ3n) is 3.30. The lowest BCUT2D eigenvalue weighted by molar-refractivity contribution is -0.141. The molecule has 3 heteroatoms. The number of nitrogens with two attached hydrogens (primary N) is 1. The lowest BCUT2D eigenvalue weighted by Crippen LogP contribution is -2.53. The maximum Gasteiger partial charge on any atom is 0.303 e. The minimum Gasteiger partial charge on any atom is -0.481 e. The van der Waals surface area contributed by atoms with E-state index in [1.807, 2.05) is 0 Å². The number of rotatable bonds is 2. The van der Waals surface area contributed by atoms with E-state index in [-0.39, 0.29) is 0 Å². The molecule has 3 nitrogen and oxygen atoms in total. The molecule has 1 spiro atoms. The van der Waals surface area contributed by atoms with E-state index in [9.17, 15) is 4.79 Å². The molecule has 0 amide bonds. The highest BCUT2D eigenvalue weighted by molar-refractivity contribution is 5.67. The van der Waals surface area contributed by atoms with Gasteiger partial charge in [-0.05, 0) is 37.0 Å². The largest absolute Gasteiger partial charge is 0.481 e. The van der Waals surface area contributed by atoms with Gasteiger partial charge in [-0.1, -0.05) is 0 Å². The molecule has 2 aliphatic carbocycles. The molecular weight excluding hydrogens is 154 g/mol. The van der Waals surface area contributed by atoms with Gasteiger partial charge in [0.05, 0.1) is 0 Å². The molecule has 0 saturated heterocycles. The average Bonchev–Trinajstić information content (AvgIpc) is 1.78. The lowest BCUT2D eigenvalue weighted by Gasteiger charge is -2.56. The first-order valence-corrected chi connectivity index (χ1v) is 4.57. The Balaban J connectivity index is 1.74. The summed E-state index contributed by atoms with van der Waals surface area (Å²) >= 11 is 0. The third kappa shape index (κ3) is 1.22. The molecule has 3 N–H and O–H groups in total. The Morgan fingerprint density at radius 3 is 2.42 bits per heavy atom. The van der Waals surface area contributed by atoms with E-state index in [2.05, 4.69) is 0 Å². The zero-order chi connectivity index (χ0) is 8.77. The van der Waals surface area contributed by atoms with Crippen LogP contribution >= 0.6 is 0 Å². The van der Waals surface area contributed by atoms with E-state index in [0.29, 0.717) is 23.8 Å². The molecule has 2 fully saturated rings. The first-order valence-electron chi connectivity index (χ1n) is 4.57. The van der Waals surface area contributed by atoms with Crippen molar-refractivity contribution in [2.24, 2.45) is 17.1 Å². The molecule has 2 aliphatic rings. The Kier molecular flexibility index (Phi) is 1.65. The van der Waals surface area contributed by atoms with Crippen LogP contribution in [0.25, 0.3) is 0 Å². The van der Waals surface area contributed by atoms with Crippen LogP contribution in [0.1, 0.15) is 32.1 Å². The monoisotopic (exact) mass is 169 g/mol. The van der Waals surface area contributed by atoms with Crippen LogP contribution in [0.4, 0.5) is 0 Å². The molecule has 12 heavy (non-hydrogen) atoms. The maximum atomic E-state index is 10.4. The highest BCUT2D eigenvalue weighted by Crippen LogP contribution is 2.58. The third-order valence-corrected chi connectivity index (χ3v) is 3.30. The van der Waals surface area contributed by atoms with E-state index < -0.39 is 5.97 Å². The topological polar surface area (TPSA) is 63.3 Å². The highest BCUT2D eigenvalue weighted by atomic mass is 16.4. The highest BCUT2D eigenvalue weighted by Gasteiger charge is 2.51. The van der Waals surface area contributed by atoms with Crippen LogP contribution in [-0.4, -0.2) is 17.1 Å². The van der Waals surface area contributed by atoms with Gasteiger partial charge in [-0.15, -0.1) is 0 Å². The van der Waals surface area contributed by atoms with Crippen molar-refractivity contribution < 1.29 is 9.90 Å².